The standard InChI is InChI=1S/C2H4B2O3/c3-1(5)7-2(4)6/h3-4H2. The molecule has 0 amide bonds. The Morgan fingerprint density at radius 1 is 1.14 bits per heavy atom. The summed E-state index contributed by atoms with van der Waals surface area (Å²) in [5, 5.41) is 0. The van der Waals surface area contributed by atoms with Crippen LogP contribution in [0.4, 0.5) is 9.59 Å². The maximum atomic E-state index is 9.81. The Bertz CT molecular complexity index is 87.1. The molecule has 0 bridgehead atoms. The predicted molar refractivity (Wildman–Crippen MR) is 29.0 cm³/mol. The first-order valence-corrected chi connectivity index (χ1v) is 1.82. The average molecular weight is 97.7 g/mol. The van der Waals surface area contributed by atoms with Gasteiger partial charge in [0, 0.05) is 0 Å². The van der Waals surface area contributed by atoms with Crippen molar-refractivity contribution in [2.75, 3.05) is 0 Å². The molecule has 0 aliphatic rings. The molecule has 0 fully saturated rings. The van der Waals surface area contributed by atoms with Gasteiger partial charge in [-0.05, 0) is 0 Å². The van der Waals surface area contributed by atoms with Crippen molar-refractivity contribution in [2.45, 2.75) is 0 Å². The topological polar surface area (TPSA) is 43.4 Å². The van der Waals surface area contributed by atoms with Crippen molar-refractivity contribution in [1.29, 1.82) is 0 Å². The molecule has 0 unspecified atom stereocenters. The van der Waals surface area contributed by atoms with E-state index in [1.165, 1.54) is 15.7 Å². The molecule has 0 aromatic heterocycles. The molecule has 5 heteroatoms. The number of rotatable bonds is 0. The molecule has 0 aromatic rings. The van der Waals surface area contributed by atoms with E-state index in [4.69, 9.17) is 0 Å². The van der Waals surface area contributed by atoms with Crippen LogP contribution in [0.2, 0.25) is 0 Å². The summed E-state index contributed by atoms with van der Waals surface area (Å²) in [5.41, 5.74) is 0. The van der Waals surface area contributed by atoms with Crippen LogP contribution in [-0.4, -0.2) is 27.4 Å². The molecular formula is C2H4B2O3. The summed E-state index contributed by atoms with van der Waals surface area (Å²) in [7, 11) is 2.36. The third kappa shape index (κ3) is 5.27. The summed E-state index contributed by atoms with van der Waals surface area (Å²) in [5.74, 6) is -1.12. The number of hydrogen-bond acceptors (Lipinski definition) is 3. The third-order valence-corrected chi connectivity index (χ3v) is 0.287. The number of hydrogen-bond donors (Lipinski definition) is 0. The summed E-state index contributed by atoms with van der Waals surface area (Å²) in [6.45, 7) is 0. The molecule has 0 aromatic carbocycles. The highest BCUT2D eigenvalue weighted by Gasteiger charge is 1.93. The zero-order valence-electron chi connectivity index (χ0n) is 4.22. The Morgan fingerprint density at radius 3 is 1.43 bits per heavy atom. The molecule has 0 N–H and O–H groups in total. The first kappa shape index (κ1) is 6.27. The van der Waals surface area contributed by atoms with Crippen LogP contribution in [0, 0.1) is 0 Å². The molecule has 0 saturated heterocycles. The van der Waals surface area contributed by atoms with Crippen LogP contribution in [0.25, 0.3) is 0 Å². The van der Waals surface area contributed by atoms with Crippen molar-refractivity contribution in [3.63, 3.8) is 0 Å². The van der Waals surface area contributed by atoms with Crippen LogP contribution in [0.5, 0.6) is 0 Å². The van der Waals surface area contributed by atoms with E-state index in [9.17, 15) is 9.59 Å². The van der Waals surface area contributed by atoms with Gasteiger partial charge in [-0.15, -0.1) is 0 Å². The molecular weight excluding hydrogens is 93.6 g/mol. The lowest BCUT2D eigenvalue weighted by Crippen LogP contribution is -2.07. The van der Waals surface area contributed by atoms with E-state index in [1.54, 1.807) is 0 Å². The quantitative estimate of drug-likeness (QED) is 0.273. The highest BCUT2D eigenvalue weighted by molar-refractivity contribution is 6.62. The molecule has 7 heavy (non-hydrogen) atoms. The second kappa shape index (κ2) is 2.44. The molecule has 0 heterocycles. The maximum Gasteiger partial charge on any atom is 0.250 e. The highest BCUT2D eigenvalue weighted by atomic mass is 16.6. The normalized spacial score (nSPS) is 7.43. The first-order chi connectivity index (χ1) is 3.13. The van der Waals surface area contributed by atoms with Gasteiger partial charge in [-0.2, -0.15) is 0 Å². The first-order valence-electron chi connectivity index (χ1n) is 1.82. The van der Waals surface area contributed by atoms with Gasteiger partial charge in [0.1, 0.15) is 0 Å². The van der Waals surface area contributed by atoms with Crippen molar-refractivity contribution in [2.24, 2.45) is 0 Å². The largest absolute Gasteiger partial charge is 0.412 e. The number of carbonyl (C=O) groups excluding carboxylic acids is 2. The summed E-state index contributed by atoms with van der Waals surface area (Å²) in [6, 6.07) is 0. The monoisotopic (exact) mass is 98.0 g/mol. The van der Waals surface area contributed by atoms with E-state index in [-0.39, 0.29) is 0 Å². The smallest absolute Gasteiger partial charge is 0.250 e. The van der Waals surface area contributed by atoms with Crippen molar-refractivity contribution >= 4 is 27.4 Å². The summed E-state index contributed by atoms with van der Waals surface area (Å²) in [4.78, 5) is 19.6. The highest BCUT2D eigenvalue weighted by Crippen LogP contribution is 1.72. The van der Waals surface area contributed by atoms with Gasteiger partial charge >= 0.3 is 0 Å². The van der Waals surface area contributed by atoms with Gasteiger partial charge in [-0.25, -0.2) is 0 Å². The van der Waals surface area contributed by atoms with Gasteiger partial charge in [0.25, 0.3) is 0 Å². The van der Waals surface area contributed by atoms with Crippen LogP contribution < -0.4 is 0 Å². The summed E-state index contributed by atoms with van der Waals surface area (Å²) >= 11 is 0. The van der Waals surface area contributed by atoms with Crippen LogP contribution >= 0.6 is 0 Å². The predicted octanol–water partition coefficient (Wildman–Crippen LogP) is -1.49. The van der Waals surface area contributed by atoms with E-state index < -0.39 is 11.7 Å². The van der Waals surface area contributed by atoms with Crippen molar-refractivity contribution in [3.05, 3.63) is 0 Å². The molecule has 3 nitrogen and oxygen atoms in total. The minimum atomic E-state index is -0.562. The number of carbonyl (C=O) groups is 2. The van der Waals surface area contributed by atoms with Gasteiger partial charge in [-0.3, -0.25) is 9.59 Å². The second-order valence-electron chi connectivity index (χ2n) is 1.09. The molecule has 0 atom stereocenters. The third-order valence-electron chi connectivity index (χ3n) is 0.287. The van der Waals surface area contributed by atoms with Gasteiger partial charge in [0.15, 0.2) is 0 Å². The Balaban J connectivity index is 3.32. The van der Waals surface area contributed by atoms with E-state index in [2.05, 4.69) is 4.74 Å². The minimum absolute atomic E-state index is 0.562. The van der Waals surface area contributed by atoms with Gasteiger partial charge in [0.05, 0.1) is 0 Å². The van der Waals surface area contributed by atoms with Crippen molar-refractivity contribution < 1.29 is 14.3 Å². The fourth-order valence-corrected chi connectivity index (χ4v) is 0.202. The van der Waals surface area contributed by atoms with E-state index in [0.29, 0.717) is 0 Å². The van der Waals surface area contributed by atoms with E-state index in [0.717, 1.165) is 0 Å². The summed E-state index contributed by atoms with van der Waals surface area (Å²) < 4.78 is 3.97. The van der Waals surface area contributed by atoms with E-state index >= 15 is 0 Å². The number of ether oxygens (including phenoxy) is 1. The molecule has 0 aliphatic heterocycles. The zero-order chi connectivity index (χ0) is 5.86. The average Bonchev–Trinajstić information content (AvgIpc) is 1.27. The SMILES string of the molecule is BC(=O)OC(B)=O. The van der Waals surface area contributed by atoms with Crippen molar-refractivity contribution in [1.82, 2.24) is 0 Å². The Morgan fingerprint density at radius 2 is 1.43 bits per heavy atom. The molecule has 0 aliphatic carbocycles. The van der Waals surface area contributed by atoms with Gasteiger partial charge in [-0.1, -0.05) is 0 Å². The van der Waals surface area contributed by atoms with E-state index in [1.807, 2.05) is 0 Å². The molecule has 0 rings (SSSR count). The second-order valence-corrected chi connectivity index (χ2v) is 1.09. The minimum Gasteiger partial charge on any atom is -0.412 e. The molecule has 0 spiro atoms. The van der Waals surface area contributed by atoms with Crippen molar-refractivity contribution in [3.8, 4) is 0 Å². The Hall–Kier alpha value is -0.730. The fraction of sp³-hybridized carbons (Fsp3) is 0. The van der Waals surface area contributed by atoms with Crippen LogP contribution in [0.15, 0.2) is 0 Å². The zero-order valence-corrected chi connectivity index (χ0v) is 4.22. The maximum absolute atomic E-state index is 9.81. The molecule has 0 radical (unpaired) electrons. The summed E-state index contributed by atoms with van der Waals surface area (Å²) in [6.07, 6.45) is 0. The lowest BCUT2D eigenvalue weighted by Gasteiger charge is -1.88. The molecule has 36 valence electrons. The fourth-order valence-electron chi connectivity index (χ4n) is 0.202. The lowest BCUT2D eigenvalue weighted by atomic mass is 10.1. The van der Waals surface area contributed by atoms with Crippen LogP contribution in [0.1, 0.15) is 0 Å². The van der Waals surface area contributed by atoms with Gasteiger partial charge < -0.3 is 4.74 Å². The lowest BCUT2D eigenvalue weighted by molar-refractivity contribution is 0.185. The Labute approximate surface area is 42.8 Å². The Kier molecular flexibility index (Phi) is 2.19. The van der Waals surface area contributed by atoms with Crippen LogP contribution in [-0.2, 0) is 4.74 Å². The molecule has 0 saturated carbocycles. The van der Waals surface area contributed by atoms with Crippen LogP contribution in [0.3, 0.4) is 0 Å². The van der Waals surface area contributed by atoms with Gasteiger partial charge in [0.2, 0.25) is 27.4 Å².